The first-order valence-corrected chi connectivity index (χ1v) is 7.38. The van der Waals surface area contributed by atoms with E-state index in [1.807, 2.05) is 0 Å². The van der Waals surface area contributed by atoms with Crippen LogP contribution >= 0.6 is 0 Å². The molecule has 0 amide bonds. The molecule has 1 unspecified atom stereocenters. The lowest BCUT2D eigenvalue weighted by Gasteiger charge is -2.27. The number of sulfonamides is 1. The van der Waals surface area contributed by atoms with Crippen LogP contribution in [0, 0.1) is 0 Å². The van der Waals surface area contributed by atoms with E-state index >= 15 is 0 Å². The predicted molar refractivity (Wildman–Crippen MR) is 64.3 cm³/mol. The molecule has 1 rings (SSSR count). The molecule has 0 bridgehead atoms. The molecule has 1 fully saturated rings. The highest BCUT2D eigenvalue weighted by molar-refractivity contribution is 7.89. The molecule has 100 valence electrons. The van der Waals surface area contributed by atoms with Crippen LogP contribution in [0.3, 0.4) is 0 Å². The Hall–Kier alpha value is -0.660. The number of carbonyl (C=O) groups is 1. The number of hydrogen-bond acceptors (Lipinski definition) is 4. The van der Waals surface area contributed by atoms with E-state index in [9.17, 15) is 13.2 Å². The van der Waals surface area contributed by atoms with Crippen LogP contribution in [0.5, 0.6) is 0 Å². The second-order valence-corrected chi connectivity index (χ2v) is 6.53. The van der Waals surface area contributed by atoms with Crippen LogP contribution in [0.15, 0.2) is 0 Å². The normalized spacial score (nSPS) is 21.3. The van der Waals surface area contributed by atoms with Gasteiger partial charge in [0.25, 0.3) is 0 Å². The van der Waals surface area contributed by atoms with Crippen molar-refractivity contribution in [3.05, 3.63) is 0 Å². The molecule has 0 radical (unpaired) electrons. The number of hydrogen-bond donors (Lipinski definition) is 2. The van der Waals surface area contributed by atoms with Crippen molar-refractivity contribution in [2.24, 2.45) is 0 Å². The topological polar surface area (TPSA) is 86.7 Å². The highest BCUT2D eigenvalue weighted by Gasteiger charge is 2.30. The van der Waals surface area contributed by atoms with Crippen molar-refractivity contribution in [1.29, 1.82) is 0 Å². The molecule has 0 aromatic carbocycles. The minimum atomic E-state index is -3.71. The van der Waals surface area contributed by atoms with Crippen molar-refractivity contribution >= 4 is 16.0 Å². The molecule has 6 nitrogen and oxygen atoms in total. The van der Waals surface area contributed by atoms with Crippen LogP contribution in [-0.4, -0.2) is 54.7 Å². The van der Waals surface area contributed by atoms with Crippen molar-refractivity contribution in [2.75, 3.05) is 18.8 Å². The second kappa shape index (κ2) is 5.79. The number of rotatable bonds is 6. The summed E-state index contributed by atoms with van der Waals surface area (Å²) in [6.45, 7) is 4.77. The summed E-state index contributed by atoms with van der Waals surface area (Å²) >= 11 is 0. The number of aliphatic carboxylic acids is 1. The Morgan fingerprint density at radius 3 is 2.59 bits per heavy atom. The zero-order valence-corrected chi connectivity index (χ0v) is 11.0. The van der Waals surface area contributed by atoms with Crippen molar-refractivity contribution in [3.63, 3.8) is 0 Å². The van der Waals surface area contributed by atoms with Crippen LogP contribution in [0.1, 0.15) is 26.7 Å². The fourth-order valence-corrected chi connectivity index (χ4v) is 3.54. The Morgan fingerprint density at radius 1 is 1.53 bits per heavy atom. The van der Waals surface area contributed by atoms with Gasteiger partial charge in [-0.2, -0.15) is 4.31 Å². The second-order valence-electron chi connectivity index (χ2n) is 4.61. The van der Waals surface area contributed by atoms with Gasteiger partial charge < -0.3 is 10.4 Å². The first-order chi connectivity index (χ1) is 7.83. The molecule has 1 saturated heterocycles. The van der Waals surface area contributed by atoms with E-state index in [2.05, 4.69) is 5.32 Å². The Kier molecular flexibility index (Phi) is 4.91. The van der Waals surface area contributed by atoms with Crippen LogP contribution in [0.4, 0.5) is 0 Å². The fourth-order valence-electron chi connectivity index (χ4n) is 2.01. The SMILES string of the molecule is CC(C)N(CC1CCCN1)S(=O)(=O)CC(=O)O. The van der Waals surface area contributed by atoms with Gasteiger partial charge in [0.1, 0.15) is 0 Å². The van der Waals surface area contributed by atoms with Gasteiger partial charge in [0.05, 0.1) is 0 Å². The highest BCUT2D eigenvalue weighted by Crippen LogP contribution is 2.13. The molecule has 1 heterocycles. The molecule has 17 heavy (non-hydrogen) atoms. The molecule has 1 atom stereocenters. The van der Waals surface area contributed by atoms with Gasteiger partial charge >= 0.3 is 5.97 Å². The van der Waals surface area contributed by atoms with E-state index in [1.165, 1.54) is 4.31 Å². The molecule has 0 aromatic rings. The van der Waals surface area contributed by atoms with E-state index in [4.69, 9.17) is 5.11 Å². The number of carboxylic acid groups (broad SMARTS) is 1. The summed E-state index contributed by atoms with van der Waals surface area (Å²) in [5.74, 6) is -2.15. The number of nitrogens with one attached hydrogen (secondary N) is 1. The lowest BCUT2D eigenvalue weighted by atomic mass is 10.2. The first kappa shape index (κ1) is 14.4. The summed E-state index contributed by atoms with van der Waals surface area (Å²) in [5, 5.41) is 11.8. The molecule has 0 saturated carbocycles. The highest BCUT2D eigenvalue weighted by atomic mass is 32.2. The van der Waals surface area contributed by atoms with E-state index in [0.29, 0.717) is 6.54 Å². The summed E-state index contributed by atoms with van der Waals surface area (Å²) < 4.78 is 25.1. The van der Waals surface area contributed by atoms with Gasteiger partial charge in [0.2, 0.25) is 10.0 Å². The van der Waals surface area contributed by atoms with Gasteiger partial charge in [-0.05, 0) is 33.2 Å². The molecule has 1 aliphatic rings. The summed E-state index contributed by atoms with van der Waals surface area (Å²) in [4.78, 5) is 10.6. The summed E-state index contributed by atoms with van der Waals surface area (Å²) in [6, 6.07) is -0.0808. The summed E-state index contributed by atoms with van der Waals surface area (Å²) in [6.07, 6.45) is 1.97. The molecule has 2 N–H and O–H groups in total. The number of carboxylic acids is 1. The largest absolute Gasteiger partial charge is 0.480 e. The van der Waals surface area contributed by atoms with Crippen molar-refractivity contribution in [3.8, 4) is 0 Å². The zero-order chi connectivity index (χ0) is 13.1. The smallest absolute Gasteiger partial charge is 0.320 e. The quantitative estimate of drug-likeness (QED) is 0.697. The van der Waals surface area contributed by atoms with Crippen LogP contribution in [-0.2, 0) is 14.8 Å². The molecule has 0 aliphatic carbocycles. The Morgan fingerprint density at radius 2 is 2.18 bits per heavy atom. The molecular weight excluding hydrogens is 244 g/mol. The third-order valence-electron chi connectivity index (χ3n) is 2.80. The third-order valence-corrected chi connectivity index (χ3v) is 4.70. The average molecular weight is 264 g/mol. The summed E-state index contributed by atoms with van der Waals surface area (Å²) in [7, 11) is -3.71. The standard InChI is InChI=1S/C10H20N2O4S/c1-8(2)12(6-9-4-3-5-11-9)17(15,16)7-10(13)14/h8-9,11H,3-7H2,1-2H3,(H,13,14). The van der Waals surface area contributed by atoms with Gasteiger partial charge in [-0.15, -0.1) is 0 Å². The van der Waals surface area contributed by atoms with Crippen molar-refractivity contribution < 1.29 is 18.3 Å². The zero-order valence-electron chi connectivity index (χ0n) is 10.2. The van der Waals surface area contributed by atoms with Gasteiger partial charge in [0.15, 0.2) is 5.75 Å². The predicted octanol–water partition coefficient (Wildman–Crippen LogP) is -0.137. The van der Waals surface area contributed by atoms with Crippen LogP contribution in [0.25, 0.3) is 0 Å². The van der Waals surface area contributed by atoms with E-state index in [-0.39, 0.29) is 12.1 Å². The maximum Gasteiger partial charge on any atom is 0.320 e. The van der Waals surface area contributed by atoms with Gasteiger partial charge in [-0.3, -0.25) is 4.79 Å². The number of nitrogens with zero attached hydrogens (tertiary/aromatic N) is 1. The molecule has 7 heteroatoms. The molecular formula is C10H20N2O4S. The van der Waals surface area contributed by atoms with Gasteiger partial charge in [0, 0.05) is 18.6 Å². The van der Waals surface area contributed by atoms with Gasteiger partial charge in [-0.1, -0.05) is 0 Å². The molecule has 0 aromatic heterocycles. The third kappa shape index (κ3) is 4.25. The lowest BCUT2D eigenvalue weighted by molar-refractivity contribution is -0.134. The Labute approximate surface area is 102 Å². The Balaban J connectivity index is 2.73. The monoisotopic (exact) mass is 264 g/mol. The van der Waals surface area contributed by atoms with Crippen molar-refractivity contribution in [2.45, 2.75) is 38.8 Å². The molecule has 1 aliphatic heterocycles. The van der Waals surface area contributed by atoms with E-state index in [0.717, 1.165) is 19.4 Å². The van der Waals surface area contributed by atoms with Gasteiger partial charge in [-0.25, -0.2) is 8.42 Å². The fraction of sp³-hybridized carbons (Fsp3) is 0.900. The lowest BCUT2D eigenvalue weighted by Crippen LogP contribution is -2.46. The average Bonchev–Trinajstić information content (AvgIpc) is 2.63. The molecule has 0 spiro atoms. The first-order valence-electron chi connectivity index (χ1n) is 5.77. The Bertz CT molecular complexity index is 361. The summed E-state index contributed by atoms with van der Waals surface area (Å²) in [5.41, 5.74) is 0. The minimum Gasteiger partial charge on any atom is -0.480 e. The van der Waals surface area contributed by atoms with E-state index < -0.39 is 21.7 Å². The van der Waals surface area contributed by atoms with E-state index in [1.54, 1.807) is 13.8 Å². The van der Waals surface area contributed by atoms with Crippen molar-refractivity contribution in [1.82, 2.24) is 9.62 Å². The maximum absolute atomic E-state index is 11.9. The maximum atomic E-state index is 11.9. The minimum absolute atomic E-state index is 0.140. The van der Waals surface area contributed by atoms with Crippen LogP contribution in [0.2, 0.25) is 0 Å². The van der Waals surface area contributed by atoms with Crippen LogP contribution < -0.4 is 5.32 Å².